The summed E-state index contributed by atoms with van der Waals surface area (Å²) >= 11 is 0. The number of hydrogen-bond donors (Lipinski definition) is 2. The van der Waals surface area contributed by atoms with Gasteiger partial charge in [0.25, 0.3) is 11.8 Å². The van der Waals surface area contributed by atoms with Crippen LogP contribution in [0.1, 0.15) is 5.56 Å². The van der Waals surface area contributed by atoms with Crippen molar-refractivity contribution in [3.8, 4) is 11.5 Å². The molecular weight excluding hydrogens is 348 g/mol. The Kier molecular flexibility index (Phi) is 5.25. The summed E-state index contributed by atoms with van der Waals surface area (Å²) in [5.41, 5.74) is 4.91. The molecule has 0 bridgehead atoms. The largest absolute Gasteiger partial charge is 0.497 e. The van der Waals surface area contributed by atoms with Gasteiger partial charge in [0, 0.05) is 6.07 Å². The zero-order valence-electron chi connectivity index (χ0n) is 15.3. The summed E-state index contributed by atoms with van der Waals surface area (Å²) in [5.74, 6) is 0.328. The van der Waals surface area contributed by atoms with Gasteiger partial charge in [-0.05, 0) is 31.2 Å². The van der Waals surface area contributed by atoms with Gasteiger partial charge in [0.15, 0.2) is 0 Å². The molecule has 0 saturated carbocycles. The first-order valence-corrected chi connectivity index (χ1v) is 8.26. The summed E-state index contributed by atoms with van der Waals surface area (Å²) in [6, 6.07) is 12.4. The number of aliphatic imine (C=N–C) groups is 1. The standard InChI is InChI=1S/C19H20N4O4/c1-12-4-6-13(7-5-12)23-17(24)11-20-18(22-23)19(25)21-15-10-14(26-2)8-9-16(15)27-3/h4-10H,11H2,1-3H3,(H,20,22)(H,21,25). The molecule has 2 N–H and O–H groups in total. The van der Waals surface area contributed by atoms with E-state index in [-0.39, 0.29) is 18.3 Å². The van der Waals surface area contributed by atoms with E-state index in [1.54, 1.807) is 30.3 Å². The molecule has 0 aromatic heterocycles. The molecule has 0 aliphatic carbocycles. The molecule has 2 amide bonds. The van der Waals surface area contributed by atoms with Crippen LogP contribution in [0, 0.1) is 6.92 Å². The van der Waals surface area contributed by atoms with Crippen molar-refractivity contribution in [1.29, 1.82) is 0 Å². The van der Waals surface area contributed by atoms with Crippen molar-refractivity contribution in [2.75, 3.05) is 31.1 Å². The fourth-order valence-electron chi connectivity index (χ4n) is 2.54. The van der Waals surface area contributed by atoms with Crippen molar-refractivity contribution in [1.82, 2.24) is 5.43 Å². The lowest BCUT2D eigenvalue weighted by Gasteiger charge is -2.27. The molecule has 0 radical (unpaired) electrons. The van der Waals surface area contributed by atoms with Crippen LogP contribution in [-0.2, 0) is 9.59 Å². The number of anilines is 2. The first kappa shape index (κ1) is 18.2. The lowest BCUT2D eigenvalue weighted by Crippen LogP contribution is -2.54. The number of aryl methyl sites for hydroxylation is 1. The van der Waals surface area contributed by atoms with Crippen molar-refractivity contribution >= 4 is 29.0 Å². The summed E-state index contributed by atoms with van der Waals surface area (Å²) in [6.07, 6.45) is 0. The highest BCUT2D eigenvalue weighted by atomic mass is 16.5. The van der Waals surface area contributed by atoms with E-state index < -0.39 is 5.91 Å². The molecule has 1 heterocycles. The number of carbonyl (C=O) groups excluding carboxylic acids is 2. The van der Waals surface area contributed by atoms with Crippen molar-refractivity contribution in [3.05, 3.63) is 48.0 Å². The minimum absolute atomic E-state index is 0.0278. The van der Waals surface area contributed by atoms with Crippen LogP contribution in [-0.4, -0.2) is 38.4 Å². The van der Waals surface area contributed by atoms with Gasteiger partial charge >= 0.3 is 0 Å². The summed E-state index contributed by atoms with van der Waals surface area (Å²) in [4.78, 5) is 28.8. The van der Waals surface area contributed by atoms with Gasteiger partial charge in [-0.25, -0.2) is 5.01 Å². The van der Waals surface area contributed by atoms with Gasteiger partial charge in [-0.2, -0.15) is 0 Å². The van der Waals surface area contributed by atoms with Crippen LogP contribution in [0.4, 0.5) is 11.4 Å². The van der Waals surface area contributed by atoms with Gasteiger partial charge in [-0.15, -0.1) is 0 Å². The molecule has 8 heteroatoms. The first-order chi connectivity index (χ1) is 13.0. The minimum Gasteiger partial charge on any atom is -0.497 e. The maximum Gasteiger partial charge on any atom is 0.292 e. The Bertz CT molecular complexity index is 893. The Labute approximate surface area is 156 Å². The maximum absolute atomic E-state index is 12.6. The van der Waals surface area contributed by atoms with E-state index in [1.807, 2.05) is 19.1 Å². The number of amides is 2. The smallest absolute Gasteiger partial charge is 0.292 e. The molecule has 1 aliphatic rings. The second-order valence-electron chi connectivity index (χ2n) is 5.86. The third kappa shape index (κ3) is 4.00. The Morgan fingerprint density at radius 1 is 1.15 bits per heavy atom. The molecule has 1 aliphatic heterocycles. The zero-order chi connectivity index (χ0) is 19.4. The van der Waals surface area contributed by atoms with Crippen molar-refractivity contribution < 1.29 is 19.1 Å². The molecule has 3 rings (SSSR count). The number of carbonyl (C=O) groups is 2. The fraction of sp³-hybridized carbons (Fsp3) is 0.211. The second-order valence-corrected chi connectivity index (χ2v) is 5.86. The summed E-state index contributed by atoms with van der Waals surface area (Å²) < 4.78 is 10.4. The van der Waals surface area contributed by atoms with Crippen LogP contribution in [0.2, 0.25) is 0 Å². The summed E-state index contributed by atoms with van der Waals surface area (Å²) in [7, 11) is 3.04. The molecule has 140 valence electrons. The van der Waals surface area contributed by atoms with Gasteiger partial charge in [-0.1, -0.05) is 17.7 Å². The fourth-order valence-corrected chi connectivity index (χ4v) is 2.54. The van der Waals surface area contributed by atoms with Crippen LogP contribution in [0.3, 0.4) is 0 Å². The van der Waals surface area contributed by atoms with E-state index in [2.05, 4.69) is 15.7 Å². The second kappa shape index (κ2) is 7.77. The third-order valence-electron chi connectivity index (χ3n) is 4.00. The number of nitrogens with zero attached hydrogens (tertiary/aromatic N) is 2. The topological polar surface area (TPSA) is 92.3 Å². The minimum atomic E-state index is -0.494. The lowest BCUT2D eigenvalue weighted by atomic mass is 10.2. The van der Waals surface area contributed by atoms with E-state index >= 15 is 0 Å². The predicted octanol–water partition coefficient (Wildman–Crippen LogP) is 1.90. The highest BCUT2D eigenvalue weighted by molar-refractivity contribution is 6.43. The molecule has 0 unspecified atom stereocenters. The zero-order valence-corrected chi connectivity index (χ0v) is 15.3. The first-order valence-electron chi connectivity index (χ1n) is 8.26. The molecule has 0 saturated heterocycles. The van der Waals surface area contributed by atoms with Gasteiger partial charge in [-0.3, -0.25) is 20.0 Å². The molecule has 0 fully saturated rings. The van der Waals surface area contributed by atoms with Crippen molar-refractivity contribution in [2.45, 2.75) is 6.92 Å². The molecule has 8 nitrogen and oxygen atoms in total. The van der Waals surface area contributed by atoms with Crippen LogP contribution in [0.25, 0.3) is 0 Å². The number of amidine groups is 1. The number of ether oxygens (including phenoxy) is 2. The van der Waals surface area contributed by atoms with Crippen LogP contribution in [0.5, 0.6) is 11.5 Å². The van der Waals surface area contributed by atoms with Crippen LogP contribution < -0.4 is 25.2 Å². The summed E-state index contributed by atoms with van der Waals surface area (Å²) in [5, 5.41) is 4.04. The number of hydrogen-bond acceptors (Lipinski definition) is 6. The van der Waals surface area contributed by atoms with Gasteiger partial charge in [0.1, 0.15) is 18.0 Å². The lowest BCUT2D eigenvalue weighted by molar-refractivity contribution is -0.118. The molecule has 2 aromatic rings. The maximum atomic E-state index is 12.6. The van der Waals surface area contributed by atoms with E-state index in [0.717, 1.165) is 5.56 Å². The number of nitrogens with one attached hydrogen (secondary N) is 2. The molecule has 0 atom stereocenters. The average molecular weight is 368 g/mol. The van der Waals surface area contributed by atoms with E-state index in [9.17, 15) is 9.59 Å². The van der Waals surface area contributed by atoms with Gasteiger partial charge < -0.3 is 14.8 Å². The van der Waals surface area contributed by atoms with Crippen molar-refractivity contribution in [3.63, 3.8) is 0 Å². The van der Waals surface area contributed by atoms with Crippen LogP contribution >= 0.6 is 0 Å². The molecule has 27 heavy (non-hydrogen) atoms. The highest BCUT2D eigenvalue weighted by Crippen LogP contribution is 2.29. The number of benzene rings is 2. The van der Waals surface area contributed by atoms with E-state index in [0.29, 0.717) is 22.9 Å². The molecule has 2 aromatic carbocycles. The molecular formula is C19H20N4O4. The van der Waals surface area contributed by atoms with E-state index in [1.165, 1.54) is 19.2 Å². The predicted molar refractivity (Wildman–Crippen MR) is 102 cm³/mol. The van der Waals surface area contributed by atoms with Gasteiger partial charge in [0.05, 0.1) is 25.6 Å². The Morgan fingerprint density at radius 2 is 1.89 bits per heavy atom. The van der Waals surface area contributed by atoms with E-state index in [4.69, 9.17) is 9.47 Å². The summed E-state index contributed by atoms with van der Waals surface area (Å²) in [6.45, 7) is 1.83. The Morgan fingerprint density at radius 3 is 2.56 bits per heavy atom. The van der Waals surface area contributed by atoms with Crippen LogP contribution in [0.15, 0.2) is 47.5 Å². The highest BCUT2D eigenvalue weighted by Gasteiger charge is 2.26. The third-order valence-corrected chi connectivity index (χ3v) is 4.00. The van der Waals surface area contributed by atoms with Crippen molar-refractivity contribution in [2.24, 2.45) is 4.99 Å². The average Bonchev–Trinajstić information content (AvgIpc) is 2.69. The van der Waals surface area contributed by atoms with Gasteiger partial charge in [0.2, 0.25) is 5.84 Å². The number of methoxy groups -OCH3 is 2. The Balaban J connectivity index is 1.79. The molecule has 0 spiro atoms. The quantitative estimate of drug-likeness (QED) is 0.841. The monoisotopic (exact) mass is 368 g/mol. The normalized spacial score (nSPS) is 13.5. The Hall–Kier alpha value is -3.55. The number of rotatable bonds is 5. The SMILES string of the molecule is COc1ccc(OC)c(NC(=O)C2=NCC(=O)N(c3ccc(C)cc3)N2)c1. The number of hydrazine groups is 1.